The third-order valence-corrected chi connectivity index (χ3v) is 10.1. The van der Waals surface area contributed by atoms with Crippen molar-refractivity contribution in [2.24, 2.45) is 11.8 Å². The molecule has 0 saturated carbocycles. The van der Waals surface area contributed by atoms with E-state index in [4.69, 9.17) is 11.6 Å². The third-order valence-electron chi connectivity index (χ3n) is 8.90. The minimum Gasteiger partial charge on any atom is -0.382 e. The Balaban J connectivity index is 0.995. The van der Waals surface area contributed by atoms with Crippen LogP contribution in [-0.2, 0) is 10.2 Å². The van der Waals surface area contributed by atoms with Crippen LogP contribution in [0.5, 0.6) is 0 Å². The van der Waals surface area contributed by atoms with Gasteiger partial charge in [0.15, 0.2) is 0 Å². The molecule has 3 aliphatic heterocycles. The lowest BCUT2D eigenvalue weighted by atomic mass is 9.87. The number of rotatable bonds is 8. The largest absolute Gasteiger partial charge is 0.446 e. The number of benzene rings is 2. The monoisotopic (exact) mass is 622 g/mol. The second-order valence-electron chi connectivity index (χ2n) is 13.1. The van der Waals surface area contributed by atoms with Crippen molar-refractivity contribution in [1.29, 1.82) is 0 Å². The van der Waals surface area contributed by atoms with Crippen LogP contribution in [0, 0.1) is 11.8 Å². The average molecular weight is 623 g/mol. The molecule has 1 N–H and O–H groups in total. The lowest BCUT2D eigenvalue weighted by Gasteiger charge is -2.33. The minimum absolute atomic E-state index is 0.00774. The van der Waals surface area contributed by atoms with Gasteiger partial charge in [-0.15, -0.1) is 0 Å². The van der Waals surface area contributed by atoms with Gasteiger partial charge in [0.1, 0.15) is 0 Å². The van der Waals surface area contributed by atoms with Gasteiger partial charge in [0.25, 0.3) is 0 Å². The van der Waals surface area contributed by atoms with Crippen LogP contribution in [0.3, 0.4) is 0 Å². The topological polar surface area (TPSA) is 38.8 Å². The first-order valence-electron chi connectivity index (χ1n) is 15.0. The van der Waals surface area contributed by atoms with E-state index >= 15 is 0 Å². The molecule has 1 amide bonds. The maximum absolute atomic E-state index is 12.9. The van der Waals surface area contributed by atoms with Gasteiger partial charge in [-0.05, 0) is 90.7 Å². The molecular weight excluding hydrogens is 581 g/mol. The van der Waals surface area contributed by atoms with Gasteiger partial charge in [0.2, 0.25) is 5.91 Å². The van der Waals surface area contributed by atoms with Gasteiger partial charge in [-0.1, -0.05) is 44.5 Å². The highest BCUT2D eigenvalue weighted by atomic mass is 35.5. The Morgan fingerprint density at radius 1 is 0.976 bits per heavy atom. The number of piperidine rings is 1. The van der Waals surface area contributed by atoms with E-state index in [0.29, 0.717) is 37.0 Å². The van der Waals surface area contributed by atoms with Crippen molar-refractivity contribution in [3.8, 4) is 0 Å². The van der Waals surface area contributed by atoms with E-state index in [1.54, 1.807) is 6.07 Å². The van der Waals surface area contributed by atoms with Crippen LogP contribution in [-0.4, -0.2) is 73.1 Å². The number of fused-ring (bicyclic) bond motifs is 1. The number of carbonyl (C=O) groups excluding carboxylic acids is 1. The number of anilines is 2. The zero-order valence-corrected chi connectivity index (χ0v) is 26.3. The molecule has 5 rings (SSSR count). The molecule has 2 unspecified atom stereocenters. The van der Waals surface area contributed by atoms with Crippen molar-refractivity contribution in [3.05, 3.63) is 53.1 Å². The first-order chi connectivity index (χ1) is 19.8. The zero-order chi connectivity index (χ0) is 30.1. The lowest BCUT2D eigenvalue weighted by molar-refractivity contribution is -0.132. The highest BCUT2D eigenvalue weighted by molar-refractivity contribution is 8.00. The van der Waals surface area contributed by atoms with Crippen LogP contribution >= 0.6 is 23.4 Å². The molecule has 3 aliphatic rings. The molecule has 0 spiro atoms. The van der Waals surface area contributed by atoms with Gasteiger partial charge in [-0.3, -0.25) is 4.79 Å². The van der Waals surface area contributed by atoms with Crippen LogP contribution in [0.25, 0.3) is 0 Å². The summed E-state index contributed by atoms with van der Waals surface area (Å²) in [6.45, 7) is 13.5. The van der Waals surface area contributed by atoms with Crippen LogP contribution in [0.1, 0.15) is 52.0 Å². The van der Waals surface area contributed by atoms with E-state index in [1.807, 2.05) is 4.90 Å². The maximum Gasteiger partial charge on any atom is 0.446 e. The molecule has 42 heavy (non-hydrogen) atoms. The number of carbonyl (C=O) groups is 1. The first-order valence-corrected chi connectivity index (χ1v) is 16.2. The van der Waals surface area contributed by atoms with Gasteiger partial charge < -0.3 is 20.0 Å². The Morgan fingerprint density at radius 2 is 1.62 bits per heavy atom. The zero-order valence-electron chi connectivity index (χ0n) is 24.7. The summed E-state index contributed by atoms with van der Waals surface area (Å²) in [6.07, 6.45) is 2.96. The fraction of sp³-hybridized carbons (Fsp3) is 0.594. The van der Waals surface area contributed by atoms with E-state index in [-0.39, 0.29) is 39.0 Å². The molecule has 3 fully saturated rings. The summed E-state index contributed by atoms with van der Waals surface area (Å²) in [4.78, 5) is 19.9. The molecule has 3 heterocycles. The summed E-state index contributed by atoms with van der Waals surface area (Å²) in [6, 6.07) is 13.8. The van der Waals surface area contributed by atoms with Crippen LogP contribution in [0.4, 0.5) is 24.5 Å². The SMILES string of the molecule is CC(C)(C)c1ccc(N2CC3CN(CCCC(=O)N4CCC(Nc5ccc(Cl)c(SC(F)(F)F)c5)CC4)CC3C2)cc1. The van der Waals surface area contributed by atoms with Gasteiger partial charge in [-0.2, -0.15) is 13.2 Å². The molecule has 0 aliphatic carbocycles. The van der Waals surface area contributed by atoms with Crippen LogP contribution < -0.4 is 10.2 Å². The number of nitrogens with one attached hydrogen (secondary N) is 1. The predicted molar refractivity (Wildman–Crippen MR) is 167 cm³/mol. The van der Waals surface area contributed by atoms with Crippen molar-refractivity contribution in [1.82, 2.24) is 9.80 Å². The minimum atomic E-state index is -4.39. The lowest BCUT2D eigenvalue weighted by Crippen LogP contribution is -2.42. The molecule has 0 bridgehead atoms. The number of amides is 1. The van der Waals surface area contributed by atoms with E-state index in [0.717, 1.165) is 52.0 Å². The van der Waals surface area contributed by atoms with Crippen molar-refractivity contribution in [2.75, 3.05) is 56.0 Å². The molecule has 0 aromatic heterocycles. The maximum atomic E-state index is 12.9. The number of thioether (sulfide) groups is 1. The van der Waals surface area contributed by atoms with Gasteiger partial charge in [-0.25, -0.2) is 0 Å². The molecule has 2 atom stereocenters. The van der Waals surface area contributed by atoms with Crippen LogP contribution in [0.15, 0.2) is 47.4 Å². The van der Waals surface area contributed by atoms with Crippen molar-refractivity contribution < 1.29 is 18.0 Å². The summed E-state index contributed by atoms with van der Waals surface area (Å²) in [5, 5.41) is 3.41. The van der Waals surface area contributed by atoms with E-state index < -0.39 is 5.51 Å². The van der Waals surface area contributed by atoms with Gasteiger partial charge in [0.05, 0.1) is 5.02 Å². The molecule has 2 aromatic rings. The fourth-order valence-electron chi connectivity index (χ4n) is 6.57. The second-order valence-corrected chi connectivity index (χ2v) is 14.6. The number of alkyl halides is 3. The summed E-state index contributed by atoms with van der Waals surface area (Å²) in [5.41, 5.74) is -0.907. The third kappa shape index (κ3) is 8.08. The molecule has 0 radical (unpaired) electrons. The number of halogens is 4. The smallest absolute Gasteiger partial charge is 0.382 e. The summed E-state index contributed by atoms with van der Waals surface area (Å²) in [7, 11) is 0. The van der Waals surface area contributed by atoms with E-state index in [2.05, 4.69) is 60.2 Å². The van der Waals surface area contributed by atoms with Crippen molar-refractivity contribution in [3.63, 3.8) is 0 Å². The molecule has 230 valence electrons. The Hall–Kier alpha value is -2.10. The van der Waals surface area contributed by atoms with Gasteiger partial charge >= 0.3 is 5.51 Å². The van der Waals surface area contributed by atoms with E-state index in [1.165, 1.54) is 23.4 Å². The standard InChI is InChI=1S/C32H42ClF3N4OS/c1-31(2,3)24-6-9-27(10-7-24)40-20-22-18-38(19-23(22)21-40)14-4-5-30(41)39-15-12-25(13-16-39)37-26-8-11-28(33)29(17-26)42-32(34,35)36/h6-11,17,22-23,25,37H,4-5,12-16,18-21H2,1-3H3. The molecule has 5 nitrogen and oxygen atoms in total. The fourth-order valence-corrected chi connectivity index (χ4v) is 7.41. The molecule has 3 saturated heterocycles. The Bertz CT molecular complexity index is 1210. The highest BCUT2D eigenvalue weighted by Crippen LogP contribution is 2.41. The Labute approximate surface area is 257 Å². The Kier molecular flexibility index (Phi) is 9.60. The van der Waals surface area contributed by atoms with Crippen molar-refractivity contribution >= 4 is 40.6 Å². The van der Waals surface area contributed by atoms with E-state index in [9.17, 15) is 18.0 Å². The normalized spacial score (nSPS) is 22.1. The number of nitrogens with zero attached hydrogens (tertiary/aromatic N) is 3. The highest BCUT2D eigenvalue weighted by Gasteiger charge is 2.40. The average Bonchev–Trinajstić information content (AvgIpc) is 3.49. The molecule has 2 aromatic carbocycles. The number of hydrogen-bond acceptors (Lipinski definition) is 5. The van der Waals surface area contributed by atoms with Crippen molar-refractivity contribution in [2.45, 2.75) is 68.3 Å². The quantitative estimate of drug-likeness (QED) is 0.309. The first kappa shape index (κ1) is 31.3. The van der Waals surface area contributed by atoms with Gasteiger partial charge in [0, 0.05) is 68.0 Å². The summed E-state index contributed by atoms with van der Waals surface area (Å²) >= 11 is 5.75. The number of likely N-dealkylation sites (tertiary alicyclic amines) is 2. The predicted octanol–water partition coefficient (Wildman–Crippen LogP) is 7.50. The van der Waals surface area contributed by atoms with Crippen LogP contribution in [0.2, 0.25) is 5.02 Å². The number of hydrogen-bond donors (Lipinski definition) is 1. The molecule has 10 heteroatoms. The Morgan fingerprint density at radius 3 is 2.21 bits per heavy atom. The summed E-state index contributed by atoms with van der Waals surface area (Å²) < 4.78 is 38.4. The molecular formula is C32H42ClF3N4OS. The second kappa shape index (κ2) is 12.9. The summed E-state index contributed by atoms with van der Waals surface area (Å²) in [5.74, 6) is 1.59.